The Morgan fingerprint density at radius 1 is 1.40 bits per heavy atom. The van der Waals surface area contributed by atoms with Gasteiger partial charge < -0.3 is 4.74 Å². The molecule has 1 aliphatic heterocycles. The van der Waals surface area contributed by atoms with Crippen LogP contribution in [0.3, 0.4) is 0 Å². The minimum absolute atomic E-state index is 0.00644. The van der Waals surface area contributed by atoms with Gasteiger partial charge in [0.15, 0.2) is 0 Å². The van der Waals surface area contributed by atoms with Gasteiger partial charge in [-0.25, -0.2) is 10.9 Å². The van der Waals surface area contributed by atoms with Crippen molar-refractivity contribution in [2.24, 2.45) is 5.92 Å². The molecule has 2 rings (SSSR count). The number of hydrogen-bond donors (Lipinski definition) is 1. The lowest BCUT2D eigenvalue weighted by Gasteiger charge is -2.13. The number of hydrogen-bond acceptors (Lipinski definition) is 1. The maximum absolute atomic E-state index is 5.17. The first kappa shape index (κ1) is 11.3. The average Bonchev–Trinajstić information content (AvgIpc) is 2.83. The normalized spacial score (nSPS) is 29.3. The third-order valence-corrected chi connectivity index (χ3v) is 5.81. The second kappa shape index (κ2) is 5.22. The quantitative estimate of drug-likeness (QED) is 0.720. The van der Waals surface area contributed by atoms with Crippen molar-refractivity contribution in [2.75, 3.05) is 19.5 Å². The summed E-state index contributed by atoms with van der Waals surface area (Å²) in [6.07, 6.45) is 8.17. The van der Waals surface area contributed by atoms with Crippen molar-refractivity contribution < 1.29 is 4.74 Å². The fourth-order valence-corrected chi connectivity index (χ4v) is 4.58. The maximum atomic E-state index is 5.17. The Hall–Kier alpha value is -0.210. The number of allylic oxidation sites excluding steroid dienone is 3. The van der Waals surface area contributed by atoms with E-state index in [2.05, 4.69) is 18.4 Å². The minimum Gasteiger partial charge on any atom is -0.384 e. The van der Waals surface area contributed by atoms with E-state index in [4.69, 9.17) is 4.74 Å². The molecule has 0 amide bonds. The molecule has 2 aliphatic rings. The Kier molecular flexibility index (Phi) is 3.92. The molecule has 1 saturated carbocycles. The Balaban J connectivity index is 1.96. The molecule has 1 aliphatic carbocycles. The maximum Gasteiger partial charge on any atom is 0.0542 e. The average molecular weight is 226 g/mol. The second-order valence-corrected chi connectivity index (χ2v) is 6.93. The first-order valence-corrected chi connectivity index (χ1v) is 7.56. The highest BCUT2D eigenvalue weighted by Gasteiger charge is 2.22. The van der Waals surface area contributed by atoms with Crippen molar-refractivity contribution in [1.29, 1.82) is 0 Å². The van der Waals surface area contributed by atoms with E-state index in [0.717, 1.165) is 12.5 Å². The standard InChI is InChI=1S/C13H22OS/c1-11-9-13(12-5-3-4-6-12)10-15(11)8-7-14-2/h9-10,12,15H,3-8H2,1-2H3. The van der Waals surface area contributed by atoms with E-state index in [9.17, 15) is 0 Å². The van der Waals surface area contributed by atoms with Gasteiger partial charge in [-0.05, 0) is 41.6 Å². The summed E-state index contributed by atoms with van der Waals surface area (Å²) < 4.78 is 5.17. The summed E-state index contributed by atoms with van der Waals surface area (Å²) in [6, 6.07) is 0. The smallest absolute Gasteiger partial charge is 0.0542 e. The summed E-state index contributed by atoms with van der Waals surface area (Å²) in [5, 5.41) is 2.56. The monoisotopic (exact) mass is 226 g/mol. The van der Waals surface area contributed by atoms with Crippen LogP contribution in [0.5, 0.6) is 0 Å². The fraction of sp³-hybridized carbons (Fsp3) is 0.692. The van der Waals surface area contributed by atoms with Gasteiger partial charge in [0.25, 0.3) is 0 Å². The van der Waals surface area contributed by atoms with Gasteiger partial charge in [-0.3, -0.25) is 0 Å². The van der Waals surface area contributed by atoms with Crippen molar-refractivity contribution in [3.8, 4) is 0 Å². The lowest BCUT2D eigenvalue weighted by atomic mass is 9.99. The van der Waals surface area contributed by atoms with Gasteiger partial charge in [0.1, 0.15) is 0 Å². The first-order chi connectivity index (χ1) is 7.31. The molecular weight excluding hydrogens is 204 g/mol. The van der Waals surface area contributed by atoms with Crippen LogP contribution in [0, 0.1) is 5.92 Å². The number of methoxy groups -OCH3 is 1. The van der Waals surface area contributed by atoms with E-state index >= 15 is 0 Å². The van der Waals surface area contributed by atoms with Crippen molar-refractivity contribution in [2.45, 2.75) is 32.6 Å². The van der Waals surface area contributed by atoms with Crippen LogP contribution in [-0.2, 0) is 4.74 Å². The summed E-state index contributed by atoms with van der Waals surface area (Å²) in [5.74, 6) is 2.10. The fourth-order valence-electron chi connectivity index (χ4n) is 2.56. The summed E-state index contributed by atoms with van der Waals surface area (Å²) in [4.78, 5) is 1.60. The second-order valence-electron chi connectivity index (χ2n) is 4.58. The van der Waals surface area contributed by atoms with Crippen LogP contribution < -0.4 is 0 Å². The third kappa shape index (κ3) is 2.67. The molecule has 2 heteroatoms. The predicted octanol–water partition coefficient (Wildman–Crippen LogP) is 3.63. The van der Waals surface area contributed by atoms with Gasteiger partial charge in [0.05, 0.1) is 6.61 Å². The molecule has 1 unspecified atom stereocenters. The van der Waals surface area contributed by atoms with Crippen LogP contribution in [0.4, 0.5) is 0 Å². The van der Waals surface area contributed by atoms with Crippen molar-refractivity contribution in [3.63, 3.8) is 0 Å². The highest BCUT2D eigenvalue weighted by atomic mass is 32.2. The van der Waals surface area contributed by atoms with Crippen molar-refractivity contribution in [3.05, 3.63) is 22.0 Å². The Morgan fingerprint density at radius 2 is 2.13 bits per heavy atom. The van der Waals surface area contributed by atoms with E-state index in [1.165, 1.54) is 31.4 Å². The van der Waals surface area contributed by atoms with Gasteiger partial charge in [-0.15, -0.1) is 0 Å². The Bertz CT molecular complexity index is 274. The predicted molar refractivity (Wildman–Crippen MR) is 69.5 cm³/mol. The van der Waals surface area contributed by atoms with Gasteiger partial charge in [-0.2, -0.15) is 0 Å². The molecular formula is C13H22OS. The van der Waals surface area contributed by atoms with Crippen LogP contribution in [0.25, 0.3) is 0 Å². The van der Waals surface area contributed by atoms with E-state index in [-0.39, 0.29) is 10.9 Å². The molecule has 0 spiro atoms. The lowest BCUT2D eigenvalue weighted by molar-refractivity contribution is 0.218. The van der Waals surface area contributed by atoms with E-state index < -0.39 is 0 Å². The first-order valence-electron chi connectivity index (χ1n) is 5.97. The summed E-state index contributed by atoms with van der Waals surface area (Å²) in [5.41, 5.74) is 1.65. The van der Waals surface area contributed by atoms with Crippen LogP contribution >= 0.6 is 10.9 Å². The highest BCUT2D eigenvalue weighted by Crippen LogP contribution is 2.47. The number of thiol groups is 1. The van der Waals surface area contributed by atoms with Gasteiger partial charge in [0, 0.05) is 12.9 Å². The van der Waals surface area contributed by atoms with Gasteiger partial charge >= 0.3 is 0 Å². The molecule has 0 saturated heterocycles. The van der Waals surface area contributed by atoms with Crippen molar-refractivity contribution in [1.82, 2.24) is 0 Å². The molecule has 15 heavy (non-hydrogen) atoms. The molecule has 86 valence electrons. The molecule has 0 aromatic carbocycles. The van der Waals surface area contributed by atoms with Crippen LogP contribution in [0.15, 0.2) is 22.0 Å². The molecule has 1 heterocycles. The number of ether oxygens (including phenoxy) is 1. The van der Waals surface area contributed by atoms with Gasteiger partial charge in [-0.1, -0.05) is 18.9 Å². The zero-order chi connectivity index (χ0) is 10.7. The Labute approximate surface area is 95.9 Å². The van der Waals surface area contributed by atoms with Crippen LogP contribution in [0.1, 0.15) is 32.6 Å². The molecule has 1 nitrogen and oxygen atoms in total. The lowest BCUT2D eigenvalue weighted by Crippen LogP contribution is -1.96. The summed E-state index contributed by atoms with van der Waals surface area (Å²) in [7, 11) is 1.80. The molecule has 1 atom stereocenters. The van der Waals surface area contributed by atoms with Gasteiger partial charge in [0.2, 0.25) is 0 Å². The SMILES string of the molecule is COCC[SH]1C=C(C2CCCC2)C=C1C. The molecule has 0 N–H and O–H groups in total. The van der Waals surface area contributed by atoms with Crippen LogP contribution in [-0.4, -0.2) is 19.5 Å². The topological polar surface area (TPSA) is 9.23 Å². The summed E-state index contributed by atoms with van der Waals surface area (Å²) in [6.45, 7) is 3.20. The van der Waals surface area contributed by atoms with Crippen LogP contribution in [0.2, 0.25) is 0 Å². The molecule has 1 fully saturated rings. The largest absolute Gasteiger partial charge is 0.384 e. The zero-order valence-corrected chi connectivity index (χ0v) is 10.7. The Morgan fingerprint density at radius 3 is 2.80 bits per heavy atom. The van der Waals surface area contributed by atoms with Crippen molar-refractivity contribution >= 4 is 10.9 Å². The third-order valence-electron chi connectivity index (χ3n) is 3.50. The molecule has 0 bridgehead atoms. The minimum atomic E-state index is 0.00644. The van der Waals surface area contributed by atoms with E-state index in [1.807, 2.05) is 0 Å². The highest BCUT2D eigenvalue weighted by molar-refractivity contribution is 8.23. The number of rotatable bonds is 4. The zero-order valence-electron chi connectivity index (χ0n) is 9.83. The summed E-state index contributed by atoms with van der Waals surface area (Å²) >= 11 is 0. The molecule has 0 aromatic rings. The van der Waals surface area contributed by atoms with E-state index in [1.54, 1.807) is 17.6 Å². The molecule has 0 radical (unpaired) electrons. The van der Waals surface area contributed by atoms with E-state index in [0.29, 0.717) is 0 Å². The molecule has 0 aromatic heterocycles.